The predicted octanol–water partition coefficient (Wildman–Crippen LogP) is 2.35. The fraction of sp³-hybridized carbons (Fsp3) is 0.250. The fourth-order valence-electron chi connectivity index (χ4n) is 0.823. The molecule has 9 heteroatoms. The highest BCUT2D eigenvalue weighted by molar-refractivity contribution is 7.87. The maximum absolute atomic E-state index is 12.9. The second kappa shape index (κ2) is 5.43. The molecule has 0 spiro atoms. The third-order valence-corrected chi connectivity index (χ3v) is 2.61. The van der Waals surface area contributed by atoms with Crippen molar-refractivity contribution in [3.8, 4) is 0 Å². The number of rotatable bonds is 3. The van der Waals surface area contributed by atoms with Gasteiger partial charge in [0, 0.05) is 5.56 Å². The van der Waals surface area contributed by atoms with E-state index in [1.54, 1.807) is 0 Å². The monoisotopic (exact) mass is 275 g/mol. The lowest BCUT2D eigenvalue weighted by Crippen LogP contribution is -2.25. The van der Waals surface area contributed by atoms with Crippen LogP contribution in [0.15, 0.2) is 24.3 Å². The molecule has 0 fully saturated rings. The van der Waals surface area contributed by atoms with Crippen molar-refractivity contribution in [2.45, 2.75) is 12.1 Å². The maximum atomic E-state index is 12.9. The summed E-state index contributed by atoms with van der Waals surface area (Å²) >= 11 is 0. The lowest BCUT2D eigenvalue weighted by molar-refractivity contribution is -0.0548. The lowest BCUT2D eigenvalue weighted by atomic mass is 10.2. The average Bonchev–Trinajstić information content (AvgIpc) is 2.15. The highest BCUT2D eigenvalue weighted by atomic mass is 32.2. The van der Waals surface area contributed by atoms with Crippen molar-refractivity contribution in [3.05, 3.63) is 35.6 Å². The Balaban J connectivity index is 0.00000256. The van der Waals surface area contributed by atoms with E-state index in [4.69, 9.17) is 0 Å². The Morgan fingerprint density at radius 1 is 1.18 bits per heavy atom. The van der Waals surface area contributed by atoms with Crippen molar-refractivity contribution >= 4 is 10.1 Å². The van der Waals surface area contributed by atoms with Gasteiger partial charge in [-0.15, -0.1) is 0 Å². The summed E-state index contributed by atoms with van der Waals surface area (Å²) in [5.41, 5.74) is -5.77. The number of halogens is 4. The van der Waals surface area contributed by atoms with Crippen molar-refractivity contribution in [3.63, 3.8) is 0 Å². The summed E-state index contributed by atoms with van der Waals surface area (Å²) in [4.78, 5) is 0. The molecule has 0 radical (unpaired) electrons. The molecule has 1 aromatic carbocycles. The van der Waals surface area contributed by atoms with Gasteiger partial charge in [0.25, 0.3) is 0 Å². The molecule has 3 N–H and O–H groups in total. The van der Waals surface area contributed by atoms with Crippen LogP contribution in [-0.4, -0.2) is 13.9 Å². The van der Waals surface area contributed by atoms with E-state index < -0.39 is 28.1 Å². The van der Waals surface area contributed by atoms with Crippen LogP contribution in [0.5, 0.6) is 0 Å². The summed E-state index contributed by atoms with van der Waals surface area (Å²) in [7, 11) is -5.68. The van der Waals surface area contributed by atoms with Crippen LogP contribution in [-0.2, 0) is 20.9 Å². The van der Waals surface area contributed by atoms with Crippen molar-refractivity contribution in [1.29, 1.82) is 0 Å². The maximum Gasteiger partial charge on any atom is 0.523 e. The van der Waals surface area contributed by atoms with E-state index in [1.165, 1.54) is 12.1 Å². The quantitative estimate of drug-likeness (QED) is 0.521. The van der Waals surface area contributed by atoms with Crippen LogP contribution in [0.1, 0.15) is 5.56 Å². The van der Waals surface area contributed by atoms with Gasteiger partial charge in [-0.2, -0.15) is 21.6 Å². The molecule has 0 atom stereocenters. The SMILES string of the molecule is N.O=S(=O)(OCc1ccccc1F)C(F)(F)F. The van der Waals surface area contributed by atoms with Crippen LogP contribution in [0.3, 0.4) is 0 Å². The molecule has 1 aromatic rings. The molecule has 98 valence electrons. The molecule has 0 saturated carbocycles. The minimum Gasteiger partial charge on any atom is -0.344 e. The summed E-state index contributed by atoms with van der Waals surface area (Å²) in [6, 6.07) is 4.78. The first kappa shape index (κ1) is 15.8. The predicted molar refractivity (Wildman–Crippen MR) is 51.2 cm³/mol. The van der Waals surface area contributed by atoms with E-state index in [-0.39, 0.29) is 11.7 Å². The van der Waals surface area contributed by atoms with Crippen molar-refractivity contribution in [2.24, 2.45) is 0 Å². The molecule has 0 unspecified atom stereocenters. The highest BCUT2D eigenvalue weighted by Gasteiger charge is 2.47. The molecule has 0 aliphatic heterocycles. The smallest absolute Gasteiger partial charge is 0.344 e. The van der Waals surface area contributed by atoms with E-state index >= 15 is 0 Å². The topological polar surface area (TPSA) is 78.4 Å². The van der Waals surface area contributed by atoms with Crippen LogP contribution in [0.25, 0.3) is 0 Å². The largest absolute Gasteiger partial charge is 0.523 e. The van der Waals surface area contributed by atoms with Crippen molar-refractivity contribution < 1.29 is 30.2 Å². The van der Waals surface area contributed by atoms with Gasteiger partial charge in [0.2, 0.25) is 0 Å². The normalized spacial score (nSPS) is 12.0. The van der Waals surface area contributed by atoms with E-state index in [0.717, 1.165) is 12.1 Å². The van der Waals surface area contributed by atoms with Gasteiger partial charge < -0.3 is 6.15 Å². The van der Waals surface area contributed by atoms with Gasteiger partial charge >= 0.3 is 15.6 Å². The first-order valence-electron chi connectivity index (χ1n) is 3.93. The van der Waals surface area contributed by atoms with E-state index in [0.29, 0.717) is 0 Å². The molecule has 0 aromatic heterocycles. The Hall–Kier alpha value is -1.19. The standard InChI is InChI=1S/C8H6F4O3S.H3N/c9-7-4-2-1-3-6(7)5-15-16(13,14)8(10,11)12;/h1-4H,5H2;1H3. The summed E-state index contributed by atoms with van der Waals surface area (Å²) in [5, 5.41) is 0. The molecule has 0 saturated heterocycles. The van der Waals surface area contributed by atoms with Gasteiger partial charge in [-0.1, -0.05) is 18.2 Å². The van der Waals surface area contributed by atoms with Gasteiger partial charge in [-0.3, -0.25) is 4.18 Å². The average molecular weight is 275 g/mol. The third kappa shape index (κ3) is 3.95. The van der Waals surface area contributed by atoms with Gasteiger partial charge in [0.05, 0.1) is 6.61 Å². The summed E-state index contributed by atoms with van der Waals surface area (Å²) < 4.78 is 73.0. The first-order chi connectivity index (χ1) is 7.24. The number of alkyl halides is 3. The molecule has 0 aliphatic carbocycles. The zero-order valence-corrected chi connectivity index (χ0v) is 9.18. The zero-order valence-electron chi connectivity index (χ0n) is 8.37. The van der Waals surface area contributed by atoms with Gasteiger partial charge in [-0.05, 0) is 6.07 Å². The molecule has 17 heavy (non-hydrogen) atoms. The number of hydrogen-bond donors (Lipinski definition) is 1. The lowest BCUT2D eigenvalue weighted by Gasteiger charge is -2.08. The van der Waals surface area contributed by atoms with E-state index in [9.17, 15) is 26.0 Å². The molecular weight excluding hydrogens is 266 g/mol. The second-order valence-corrected chi connectivity index (χ2v) is 4.36. The minimum atomic E-state index is -5.68. The van der Waals surface area contributed by atoms with E-state index in [2.05, 4.69) is 4.18 Å². The summed E-state index contributed by atoms with van der Waals surface area (Å²) in [5.74, 6) is -0.833. The van der Waals surface area contributed by atoms with Crippen molar-refractivity contribution in [2.75, 3.05) is 0 Å². The molecule has 0 heterocycles. The van der Waals surface area contributed by atoms with Gasteiger partial charge in [-0.25, -0.2) is 4.39 Å². The molecule has 4 nitrogen and oxygen atoms in total. The van der Waals surface area contributed by atoms with Crippen LogP contribution >= 0.6 is 0 Å². The summed E-state index contributed by atoms with van der Waals surface area (Å²) in [6.45, 7) is -0.992. The van der Waals surface area contributed by atoms with Gasteiger partial charge in [0.15, 0.2) is 0 Å². The fourth-order valence-corrected chi connectivity index (χ4v) is 1.24. The van der Waals surface area contributed by atoms with Crippen LogP contribution < -0.4 is 6.15 Å². The number of benzene rings is 1. The Kier molecular flexibility index (Phi) is 5.05. The Labute approximate surface area is 94.9 Å². The zero-order chi connectivity index (χ0) is 12.4. The third-order valence-electron chi connectivity index (χ3n) is 1.61. The molecule has 0 amide bonds. The second-order valence-electron chi connectivity index (χ2n) is 2.75. The molecule has 0 aliphatic rings. The molecule has 1 rings (SSSR count). The highest BCUT2D eigenvalue weighted by Crippen LogP contribution is 2.25. The Morgan fingerprint density at radius 3 is 2.18 bits per heavy atom. The summed E-state index contributed by atoms with van der Waals surface area (Å²) in [6.07, 6.45) is 0. The molecular formula is C8H9F4NO3S. The Bertz CT molecular complexity index is 472. The first-order valence-corrected chi connectivity index (χ1v) is 5.34. The number of hydrogen-bond acceptors (Lipinski definition) is 4. The van der Waals surface area contributed by atoms with Crippen LogP contribution in [0, 0.1) is 5.82 Å². The van der Waals surface area contributed by atoms with Crippen LogP contribution in [0.2, 0.25) is 0 Å². The van der Waals surface area contributed by atoms with Crippen molar-refractivity contribution in [1.82, 2.24) is 6.15 Å². The molecule has 0 bridgehead atoms. The minimum absolute atomic E-state index is 0. The van der Waals surface area contributed by atoms with Gasteiger partial charge in [0.1, 0.15) is 5.82 Å². The van der Waals surface area contributed by atoms with Crippen LogP contribution in [0.4, 0.5) is 17.6 Å². The van der Waals surface area contributed by atoms with E-state index in [1.807, 2.05) is 0 Å². The Morgan fingerprint density at radius 2 is 1.71 bits per heavy atom.